The first-order chi connectivity index (χ1) is 7.15. The molecule has 0 aliphatic rings. The van der Waals surface area contributed by atoms with E-state index in [9.17, 15) is 5.11 Å². The number of aliphatic hydroxyl groups excluding tert-OH is 1. The van der Waals surface area contributed by atoms with Gasteiger partial charge < -0.3 is 9.51 Å². The highest BCUT2D eigenvalue weighted by atomic mass is 16.3. The molecule has 2 aromatic heterocycles. The van der Waals surface area contributed by atoms with Gasteiger partial charge in [-0.1, -0.05) is 13.0 Å². The molecular weight excluding hydrogens is 188 g/mol. The van der Waals surface area contributed by atoms with Gasteiger partial charge in [0.25, 0.3) is 0 Å². The van der Waals surface area contributed by atoms with Crippen molar-refractivity contribution in [1.29, 1.82) is 0 Å². The van der Waals surface area contributed by atoms with Crippen LogP contribution < -0.4 is 0 Å². The summed E-state index contributed by atoms with van der Waals surface area (Å²) < 4.78 is 1.98. The molecule has 0 bridgehead atoms. The van der Waals surface area contributed by atoms with Gasteiger partial charge >= 0.3 is 0 Å². The van der Waals surface area contributed by atoms with Crippen LogP contribution in [-0.2, 0) is 0 Å². The molecule has 0 aliphatic carbocycles. The minimum atomic E-state index is -0.429. The Kier molecular flexibility index (Phi) is 2.49. The van der Waals surface area contributed by atoms with Gasteiger partial charge in [0.2, 0.25) is 0 Å². The third-order valence-electron chi connectivity index (χ3n) is 2.77. The second-order valence-corrected chi connectivity index (χ2v) is 3.89. The molecule has 3 nitrogen and oxygen atoms in total. The molecule has 1 N–H and O–H groups in total. The molecule has 1 unspecified atom stereocenters. The molecule has 0 saturated heterocycles. The van der Waals surface area contributed by atoms with Gasteiger partial charge in [0.15, 0.2) is 0 Å². The fourth-order valence-electron chi connectivity index (χ4n) is 1.93. The molecule has 0 spiro atoms. The van der Waals surface area contributed by atoms with Gasteiger partial charge in [-0.2, -0.15) is 0 Å². The minimum Gasteiger partial charge on any atom is -0.387 e. The van der Waals surface area contributed by atoms with Crippen LogP contribution in [0.2, 0.25) is 0 Å². The third kappa shape index (κ3) is 1.53. The van der Waals surface area contributed by atoms with Crippen molar-refractivity contribution in [1.82, 2.24) is 9.38 Å². The maximum atomic E-state index is 9.93. The number of nitrogens with zero attached hydrogens (tertiary/aromatic N) is 2. The smallest absolute Gasteiger partial charge is 0.140 e. The summed E-state index contributed by atoms with van der Waals surface area (Å²) in [6.45, 7) is 5.95. The van der Waals surface area contributed by atoms with Crippen molar-refractivity contribution < 1.29 is 5.11 Å². The first kappa shape index (κ1) is 10.2. The molecule has 0 amide bonds. The lowest BCUT2D eigenvalue weighted by Crippen LogP contribution is -2.02. The van der Waals surface area contributed by atoms with Crippen molar-refractivity contribution in [3.8, 4) is 0 Å². The van der Waals surface area contributed by atoms with Crippen LogP contribution in [0, 0.1) is 13.8 Å². The first-order valence-corrected chi connectivity index (χ1v) is 5.27. The van der Waals surface area contributed by atoms with E-state index in [0.717, 1.165) is 22.6 Å². The molecule has 80 valence electrons. The van der Waals surface area contributed by atoms with Crippen molar-refractivity contribution in [3.05, 3.63) is 35.3 Å². The molecule has 2 aromatic rings. The molecule has 15 heavy (non-hydrogen) atoms. The van der Waals surface area contributed by atoms with Crippen molar-refractivity contribution in [2.75, 3.05) is 0 Å². The Morgan fingerprint density at radius 1 is 1.47 bits per heavy atom. The molecule has 0 aliphatic heterocycles. The summed E-state index contributed by atoms with van der Waals surface area (Å²) in [6.07, 6.45) is 2.24. The average molecular weight is 204 g/mol. The zero-order valence-electron chi connectivity index (χ0n) is 9.36. The summed E-state index contributed by atoms with van der Waals surface area (Å²) in [6, 6.07) is 4.01. The predicted molar refractivity (Wildman–Crippen MR) is 59.9 cm³/mol. The van der Waals surface area contributed by atoms with Crippen LogP contribution in [0.3, 0.4) is 0 Å². The lowest BCUT2D eigenvalue weighted by molar-refractivity contribution is 0.167. The lowest BCUT2D eigenvalue weighted by atomic mass is 10.2. The predicted octanol–water partition coefficient (Wildman–Crippen LogP) is 2.39. The van der Waals surface area contributed by atoms with E-state index in [1.165, 1.54) is 0 Å². The Labute approximate surface area is 89.4 Å². The fourth-order valence-corrected chi connectivity index (χ4v) is 1.93. The second-order valence-electron chi connectivity index (χ2n) is 3.89. The Balaban J connectivity index is 2.73. The first-order valence-electron chi connectivity index (χ1n) is 5.27. The van der Waals surface area contributed by atoms with Crippen LogP contribution in [0.5, 0.6) is 0 Å². The molecule has 0 aromatic carbocycles. The Hall–Kier alpha value is -1.35. The molecular formula is C12H16N2O. The van der Waals surface area contributed by atoms with E-state index in [-0.39, 0.29) is 0 Å². The summed E-state index contributed by atoms with van der Waals surface area (Å²) >= 11 is 0. The van der Waals surface area contributed by atoms with Gasteiger partial charge in [-0.3, -0.25) is 0 Å². The summed E-state index contributed by atoms with van der Waals surface area (Å²) in [5.41, 5.74) is 3.91. The van der Waals surface area contributed by atoms with E-state index in [1.54, 1.807) is 0 Å². The zero-order chi connectivity index (χ0) is 11.0. The number of aromatic nitrogens is 2. The van der Waals surface area contributed by atoms with E-state index >= 15 is 0 Å². The minimum absolute atomic E-state index is 0.429. The molecule has 2 heterocycles. The largest absolute Gasteiger partial charge is 0.387 e. The average Bonchev–Trinajstić information content (AvgIpc) is 2.55. The maximum Gasteiger partial charge on any atom is 0.140 e. The van der Waals surface area contributed by atoms with E-state index in [0.29, 0.717) is 6.42 Å². The summed E-state index contributed by atoms with van der Waals surface area (Å²) in [4.78, 5) is 4.48. The number of aryl methyl sites for hydroxylation is 2. The molecule has 3 heteroatoms. The topological polar surface area (TPSA) is 37.5 Å². The van der Waals surface area contributed by atoms with Crippen molar-refractivity contribution in [2.45, 2.75) is 33.3 Å². The van der Waals surface area contributed by atoms with E-state index in [2.05, 4.69) is 4.98 Å². The van der Waals surface area contributed by atoms with Gasteiger partial charge in [-0.25, -0.2) is 4.98 Å². The molecule has 1 atom stereocenters. The Bertz CT molecular complexity index is 488. The molecule has 0 radical (unpaired) electrons. The number of fused-ring (bicyclic) bond motifs is 1. The lowest BCUT2D eigenvalue weighted by Gasteiger charge is -2.08. The second kappa shape index (κ2) is 3.66. The van der Waals surface area contributed by atoms with Crippen LogP contribution in [0.1, 0.15) is 36.4 Å². The third-order valence-corrected chi connectivity index (χ3v) is 2.77. The van der Waals surface area contributed by atoms with Crippen molar-refractivity contribution in [3.63, 3.8) is 0 Å². The number of hydrogen-bond donors (Lipinski definition) is 1. The van der Waals surface area contributed by atoms with Crippen LogP contribution >= 0.6 is 0 Å². The fraction of sp³-hybridized carbons (Fsp3) is 0.417. The summed E-state index contributed by atoms with van der Waals surface area (Å²) in [5.74, 6) is 0. The molecule has 2 rings (SSSR count). The highest BCUT2D eigenvalue weighted by Crippen LogP contribution is 2.23. The Morgan fingerprint density at radius 3 is 2.87 bits per heavy atom. The van der Waals surface area contributed by atoms with Gasteiger partial charge in [-0.05, 0) is 31.9 Å². The number of aliphatic hydroxyl groups is 1. The van der Waals surface area contributed by atoms with Gasteiger partial charge in [0.1, 0.15) is 5.65 Å². The molecule has 0 fully saturated rings. The SMILES string of the molecule is CCC(O)c1c(C)nc2c(C)cccn12. The maximum absolute atomic E-state index is 9.93. The summed E-state index contributed by atoms with van der Waals surface area (Å²) in [7, 11) is 0. The van der Waals surface area contributed by atoms with Crippen LogP contribution in [0.25, 0.3) is 5.65 Å². The number of pyridine rings is 1. The van der Waals surface area contributed by atoms with E-state index in [1.807, 2.05) is 43.5 Å². The van der Waals surface area contributed by atoms with Gasteiger partial charge in [0, 0.05) is 6.20 Å². The van der Waals surface area contributed by atoms with Crippen LogP contribution in [-0.4, -0.2) is 14.5 Å². The van der Waals surface area contributed by atoms with E-state index < -0.39 is 6.10 Å². The van der Waals surface area contributed by atoms with Crippen LogP contribution in [0.4, 0.5) is 0 Å². The van der Waals surface area contributed by atoms with Gasteiger partial charge in [-0.15, -0.1) is 0 Å². The highest BCUT2D eigenvalue weighted by Gasteiger charge is 2.15. The highest BCUT2D eigenvalue weighted by molar-refractivity contribution is 5.50. The summed E-state index contributed by atoms with van der Waals surface area (Å²) in [5, 5.41) is 9.93. The van der Waals surface area contributed by atoms with Gasteiger partial charge in [0.05, 0.1) is 17.5 Å². The van der Waals surface area contributed by atoms with Crippen molar-refractivity contribution in [2.24, 2.45) is 0 Å². The zero-order valence-corrected chi connectivity index (χ0v) is 9.36. The standard InChI is InChI=1S/C12H16N2O/c1-4-10(15)11-9(3)13-12-8(2)6-5-7-14(11)12/h5-7,10,15H,4H2,1-3H3. The Morgan fingerprint density at radius 2 is 2.20 bits per heavy atom. The molecule has 0 saturated carbocycles. The quantitative estimate of drug-likeness (QED) is 0.815. The number of imidazole rings is 1. The van der Waals surface area contributed by atoms with Crippen molar-refractivity contribution >= 4 is 5.65 Å². The van der Waals surface area contributed by atoms with E-state index in [4.69, 9.17) is 0 Å². The normalized spacial score (nSPS) is 13.3. The number of hydrogen-bond acceptors (Lipinski definition) is 2. The monoisotopic (exact) mass is 204 g/mol. The number of rotatable bonds is 2. The van der Waals surface area contributed by atoms with Crippen LogP contribution in [0.15, 0.2) is 18.3 Å².